The van der Waals surface area contributed by atoms with E-state index in [2.05, 4.69) is 27.3 Å². The van der Waals surface area contributed by atoms with E-state index in [-0.39, 0.29) is 12.0 Å². The molecule has 1 aliphatic heterocycles. The van der Waals surface area contributed by atoms with E-state index in [1.807, 2.05) is 45.0 Å². The van der Waals surface area contributed by atoms with Crippen molar-refractivity contribution >= 4 is 5.91 Å². The average molecular weight is 426 g/mol. The van der Waals surface area contributed by atoms with Crippen molar-refractivity contribution in [1.82, 2.24) is 15.2 Å². The van der Waals surface area contributed by atoms with E-state index >= 15 is 0 Å². The molecule has 1 aliphatic rings. The molecule has 2 heterocycles. The van der Waals surface area contributed by atoms with Gasteiger partial charge in [-0.1, -0.05) is 38.1 Å². The molecule has 0 radical (unpaired) electrons. The van der Waals surface area contributed by atoms with Gasteiger partial charge in [-0.05, 0) is 37.3 Å². The van der Waals surface area contributed by atoms with Crippen LogP contribution in [0, 0.1) is 5.92 Å². The molecule has 0 spiro atoms. The number of carbonyl (C=O) groups excluding carboxylic acids is 1. The van der Waals surface area contributed by atoms with Crippen LogP contribution in [-0.4, -0.2) is 41.6 Å². The van der Waals surface area contributed by atoms with Crippen LogP contribution < -0.4 is 14.8 Å². The highest BCUT2D eigenvalue weighted by Crippen LogP contribution is 2.23. The van der Waals surface area contributed by atoms with Gasteiger partial charge in [-0.2, -0.15) is 0 Å². The molecule has 1 aromatic heterocycles. The molecule has 1 amide bonds. The number of pyridine rings is 1. The summed E-state index contributed by atoms with van der Waals surface area (Å²) in [5, 5.41) is 2.93. The van der Waals surface area contributed by atoms with E-state index in [1.165, 1.54) is 5.56 Å². The standard InChI is InChI=1S/C25H35N3O3/c1-4-30-23-8-6-5-7-21(23)18-28-13-11-22(12-14-28)31-25-10-9-20(17-27-25)16-26-24(29)15-19(2)3/h5-10,17,19,22H,4,11-16,18H2,1-3H3,(H,26,29). The highest BCUT2D eigenvalue weighted by molar-refractivity contribution is 5.76. The molecule has 1 aromatic carbocycles. The number of likely N-dealkylation sites (tertiary alicyclic amines) is 1. The number of amides is 1. The maximum Gasteiger partial charge on any atom is 0.220 e. The van der Waals surface area contributed by atoms with Gasteiger partial charge in [0.05, 0.1) is 6.61 Å². The first-order chi connectivity index (χ1) is 15.0. The lowest BCUT2D eigenvalue weighted by atomic mass is 10.1. The quantitative estimate of drug-likeness (QED) is 0.619. The molecule has 6 nitrogen and oxygen atoms in total. The first-order valence-electron chi connectivity index (χ1n) is 11.3. The Balaban J connectivity index is 1.42. The Hall–Kier alpha value is -2.60. The fraction of sp³-hybridized carbons (Fsp3) is 0.520. The Morgan fingerprint density at radius 1 is 1.19 bits per heavy atom. The molecule has 0 aliphatic carbocycles. The van der Waals surface area contributed by atoms with E-state index < -0.39 is 0 Å². The van der Waals surface area contributed by atoms with Crippen LogP contribution in [0.5, 0.6) is 11.6 Å². The van der Waals surface area contributed by atoms with Gasteiger partial charge in [0.15, 0.2) is 0 Å². The Morgan fingerprint density at radius 3 is 2.65 bits per heavy atom. The van der Waals surface area contributed by atoms with Crippen LogP contribution in [0.15, 0.2) is 42.6 Å². The van der Waals surface area contributed by atoms with Crippen molar-refractivity contribution < 1.29 is 14.3 Å². The molecule has 31 heavy (non-hydrogen) atoms. The zero-order chi connectivity index (χ0) is 22.1. The Morgan fingerprint density at radius 2 is 1.97 bits per heavy atom. The van der Waals surface area contributed by atoms with Gasteiger partial charge in [0.1, 0.15) is 11.9 Å². The zero-order valence-corrected chi connectivity index (χ0v) is 19.0. The number of piperidine rings is 1. The normalized spacial score (nSPS) is 15.1. The molecule has 0 unspecified atom stereocenters. The molecule has 0 bridgehead atoms. The fourth-order valence-electron chi connectivity index (χ4n) is 3.76. The van der Waals surface area contributed by atoms with Crippen molar-refractivity contribution in [3.8, 4) is 11.6 Å². The van der Waals surface area contributed by atoms with Gasteiger partial charge >= 0.3 is 0 Å². The Labute approximate surface area is 186 Å². The molecule has 1 saturated heterocycles. The van der Waals surface area contributed by atoms with Gasteiger partial charge in [0, 0.05) is 50.4 Å². The summed E-state index contributed by atoms with van der Waals surface area (Å²) in [5.41, 5.74) is 2.22. The number of rotatable bonds is 10. The van der Waals surface area contributed by atoms with Crippen LogP contribution in [0.2, 0.25) is 0 Å². The Kier molecular flexibility index (Phi) is 8.71. The van der Waals surface area contributed by atoms with Gasteiger partial charge in [0.2, 0.25) is 11.8 Å². The van der Waals surface area contributed by atoms with Crippen LogP contribution in [0.3, 0.4) is 0 Å². The topological polar surface area (TPSA) is 63.7 Å². The lowest BCUT2D eigenvalue weighted by Gasteiger charge is -2.32. The molecule has 168 valence electrons. The summed E-state index contributed by atoms with van der Waals surface area (Å²) in [6.07, 6.45) is 4.47. The van der Waals surface area contributed by atoms with Crippen molar-refractivity contribution in [2.75, 3.05) is 19.7 Å². The highest BCUT2D eigenvalue weighted by Gasteiger charge is 2.21. The number of carbonyl (C=O) groups is 1. The van der Waals surface area contributed by atoms with E-state index in [0.717, 1.165) is 43.8 Å². The Bertz CT molecular complexity index is 815. The summed E-state index contributed by atoms with van der Waals surface area (Å²) in [6.45, 7) is 10.2. The van der Waals surface area contributed by atoms with E-state index in [0.29, 0.717) is 31.4 Å². The minimum atomic E-state index is 0.0750. The molecule has 1 fully saturated rings. The molecule has 0 saturated carbocycles. The summed E-state index contributed by atoms with van der Waals surface area (Å²) in [7, 11) is 0. The summed E-state index contributed by atoms with van der Waals surface area (Å²) in [6, 6.07) is 12.1. The van der Waals surface area contributed by atoms with Crippen molar-refractivity contribution in [2.45, 2.75) is 59.2 Å². The summed E-state index contributed by atoms with van der Waals surface area (Å²) >= 11 is 0. The number of nitrogens with one attached hydrogen (secondary N) is 1. The minimum Gasteiger partial charge on any atom is -0.494 e. The number of aromatic nitrogens is 1. The third kappa shape index (κ3) is 7.55. The SMILES string of the molecule is CCOc1ccccc1CN1CCC(Oc2ccc(CNC(=O)CC(C)C)cn2)CC1. The molecule has 1 N–H and O–H groups in total. The first kappa shape index (κ1) is 23.1. The maximum atomic E-state index is 11.8. The van der Waals surface area contributed by atoms with Gasteiger partial charge in [-0.15, -0.1) is 0 Å². The van der Waals surface area contributed by atoms with Crippen LogP contribution in [-0.2, 0) is 17.9 Å². The van der Waals surface area contributed by atoms with Gasteiger partial charge in [0.25, 0.3) is 0 Å². The van der Waals surface area contributed by atoms with Gasteiger partial charge in [-0.25, -0.2) is 4.98 Å². The number of hydrogen-bond donors (Lipinski definition) is 1. The third-order valence-electron chi connectivity index (χ3n) is 5.37. The molecule has 3 rings (SSSR count). The highest BCUT2D eigenvalue weighted by atomic mass is 16.5. The van der Waals surface area contributed by atoms with Gasteiger partial charge in [-0.3, -0.25) is 9.69 Å². The number of hydrogen-bond acceptors (Lipinski definition) is 5. The average Bonchev–Trinajstić information content (AvgIpc) is 2.76. The van der Waals surface area contributed by atoms with Crippen molar-refractivity contribution in [1.29, 1.82) is 0 Å². The predicted molar refractivity (Wildman–Crippen MR) is 122 cm³/mol. The molecular formula is C25H35N3O3. The summed E-state index contributed by atoms with van der Waals surface area (Å²) in [4.78, 5) is 18.7. The second-order valence-electron chi connectivity index (χ2n) is 8.51. The van der Waals surface area contributed by atoms with Crippen LogP contribution >= 0.6 is 0 Å². The molecular weight excluding hydrogens is 390 g/mol. The largest absolute Gasteiger partial charge is 0.494 e. The van der Waals surface area contributed by atoms with Gasteiger partial charge < -0.3 is 14.8 Å². The van der Waals surface area contributed by atoms with Crippen LogP contribution in [0.1, 0.15) is 51.2 Å². The second kappa shape index (κ2) is 11.7. The number of nitrogens with zero attached hydrogens (tertiary/aromatic N) is 2. The number of para-hydroxylation sites is 1. The van der Waals surface area contributed by atoms with Crippen molar-refractivity contribution in [3.63, 3.8) is 0 Å². The summed E-state index contributed by atoms with van der Waals surface area (Å²) < 4.78 is 11.9. The van der Waals surface area contributed by atoms with E-state index in [9.17, 15) is 4.79 Å². The van der Waals surface area contributed by atoms with Crippen LogP contribution in [0.25, 0.3) is 0 Å². The lowest BCUT2D eigenvalue weighted by Crippen LogP contribution is -2.38. The first-order valence-corrected chi connectivity index (χ1v) is 11.3. The number of benzene rings is 1. The smallest absolute Gasteiger partial charge is 0.220 e. The third-order valence-corrected chi connectivity index (χ3v) is 5.37. The van der Waals surface area contributed by atoms with Crippen LogP contribution in [0.4, 0.5) is 0 Å². The number of ether oxygens (including phenoxy) is 2. The molecule has 2 aromatic rings. The van der Waals surface area contributed by atoms with E-state index in [1.54, 1.807) is 6.20 Å². The predicted octanol–water partition coefficient (Wildman–Crippen LogP) is 4.19. The molecule has 0 atom stereocenters. The van der Waals surface area contributed by atoms with Crippen molar-refractivity contribution in [3.05, 3.63) is 53.7 Å². The fourth-order valence-corrected chi connectivity index (χ4v) is 3.76. The zero-order valence-electron chi connectivity index (χ0n) is 19.0. The lowest BCUT2D eigenvalue weighted by molar-refractivity contribution is -0.121. The molecule has 6 heteroatoms. The minimum absolute atomic E-state index is 0.0750. The summed E-state index contributed by atoms with van der Waals surface area (Å²) in [5.74, 6) is 2.07. The second-order valence-corrected chi connectivity index (χ2v) is 8.51. The maximum absolute atomic E-state index is 11.8. The monoisotopic (exact) mass is 425 g/mol. The van der Waals surface area contributed by atoms with Crippen molar-refractivity contribution in [2.24, 2.45) is 5.92 Å². The van der Waals surface area contributed by atoms with E-state index in [4.69, 9.17) is 9.47 Å².